The van der Waals surface area contributed by atoms with Gasteiger partial charge in [-0.15, -0.1) is 11.3 Å². The van der Waals surface area contributed by atoms with Crippen LogP contribution in [0, 0.1) is 5.92 Å². The van der Waals surface area contributed by atoms with Gasteiger partial charge < -0.3 is 10.6 Å². The van der Waals surface area contributed by atoms with E-state index in [4.69, 9.17) is 11.6 Å². The van der Waals surface area contributed by atoms with E-state index in [1.54, 1.807) is 11.3 Å². The summed E-state index contributed by atoms with van der Waals surface area (Å²) in [6.07, 6.45) is 0. The molecule has 0 aliphatic carbocycles. The molecule has 0 aliphatic heterocycles. The Kier molecular flexibility index (Phi) is 5.48. The quantitative estimate of drug-likeness (QED) is 0.787. The topological polar surface area (TPSA) is 24.1 Å². The van der Waals surface area contributed by atoms with E-state index in [1.165, 1.54) is 4.88 Å². The molecule has 4 heteroatoms. The van der Waals surface area contributed by atoms with Crippen molar-refractivity contribution in [3.63, 3.8) is 0 Å². The number of thiophene rings is 1. The molecule has 0 saturated carbocycles. The number of hydrogen-bond donors (Lipinski definition) is 2. The Morgan fingerprint density at radius 2 is 2.21 bits per heavy atom. The highest BCUT2D eigenvalue weighted by Gasteiger charge is 2.01. The summed E-state index contributed by atoms with van der Waals surface area (Å²) in [7, 11) is 1.98. The molecule has 2 nitrogen and oxygen atoms in total. The molecule has 0 saturated heterocycles. The summed E-state index contributed by atoms with van der Waals surface area (Å²) in [6.45, 7) is 5.24. The fraction of sp³-hybridized carbons (Fsp3) is 0.600. The van der Waals surface area contributed by atoms with E-state index in [-0.39, 0.29) is 0 Å². The number of rotatable bonds is 6. The summed E-state index contributed by atoms with van der Waals surface area (Å²) in [5, 5.41) is 6.57. The first-order valence-corrected chi connectivity index (χ1v) is 6.01. The number of hydrogen-bond acceptors (Lipinski definition) is 3. The third-order valence-electron chi connectivity index (χ3n) is 1.97. The molecule has 0 bridgehead atoms. The lowest BCUT2D eigenvalue weighted by atomic mass is 10.2. The molecule has 80 valence electrons. The van der Waals surface area contributed by atoms with Crippen LogP contribution in [-0.4, -0.2) is 20.1 Å². The summed E-state index contributed by atoms with van der Waals surface area (Å²) in [6, 6.07) is 4.02. The standard InChI is InChI=1S/C10H17ClN2S/c1-8(5-12-2)6-13-7-9-3-4-10(11)14-9/h3-4,8,12-13H,5-7H2,1-2H3. The van der Waals surface area contributed by atoms with Crippen molar-refractivity contribution in [1.29, 1.82) is 0 Å². The highest BCUT2D eigenvalue weighted by Crippen LogP contribution is 2.20. The summed E-state index contributed by atoms with van der Waals surface area (Å²) in [5.74, 6) is 0.662. The molecule has 14 heavy (non-hydrogen) atoms. The van der Waals surface area contributed by atoms with Gasteiger partial charge in [-0.05, 0) is 38.2 Å². The second-order valence-corrected chi connectivity index (χ2v) is 5.30. The van der Waals surface area contributed by atoms with Crippen LogP contribution in [0.1, 0.15) is 11.8 Å². The molecule has 0 amide bonds. The Hall–Kier alpha value is -0.0900. The van der Waals surface area contributed by atoms with Gasteiger partial charge in [0.25, 0.3) is 0 Å². The highest BCUT2D eigenvalue weighted by atomic mass is 35.5. The zero-order valence-corrected chi connectivity index (χ0v) is 10.2. The molecule has 0 aromatic carbocycles. The van der Waals surface area contributed by atoms with Crippen LogP contribution in [-0.2, 0) is 6.54 Å². The fourth-order valence-electron chi connectivity index (χ4n) is 1.31. The van der Waals surface area contributed by atoms with E-state index in [2.05, 4.69) is 23.6 Å². The van der Waals surface area contributed by atoms with Gasteiger partial charge in [-0.25, -0.2) is 0 Å². The zero-order chi connectivity index (χ0) is 10.4. The molecule has 1 unspecified atom stereocenters. The van der Waals surface area contributed by atoms with Crippen molar-refractivity contribution in [2.24, 2.45) is 5.92 Å². The summed E-state index contributed by atoms with van der Waals surface area (Å²) < 4.78 is 0.866. The second-order valence-electron chi connectivity index (χ2n) is 3.50. The molecule has 1 rings (SSSR count). The van der Waals surface area contributed by atoms with Crippen molar-refractivity contribution in [2.75, 3.05) is 20.1 Å². The van der Waals surface area contributed by atoms with Gasteiger partial charge in [-0.1, -0.05) is 18.5 Å². The monoisotopic (exact) mass is 232 g/mol. The van der Waals surface area contributed by atoms with Gasteiger partial charge in [0.05, 0.1) is 4.34 Å². The molecule has 0 radical (unpaired) electrons. The summed E-state index contributed by atoms with van der Waals surface area (Å²) >= 11 is 7.47. The molecular weight excluding hydrogens is 216 g/mol. The van der Waals surface area contributed by atoms with Gasteiger partial charge in [-0.3, -0.25) is 0 Å². The van der Waals surface area contributed by atoms with Crippen molar-refractivity contribution in [1.82, 2.24) is 10.6 Å². The SMILES string of the molecule is CNCC(C)CNCc1ccc(Cl)s1. The predicted molar refractivity (Wildman–Crippen MR) is 64.1 cm³/mol. The summed E-state index contributed by atoms with van der Waals surface area (Å²) in [5.41, 5.74) is 0. The molecule has 1 heterocycles. The number of halogens is 1. The molecule has 1 aromatic heterocycles. The van der Waals surface area contributed by atoms with Crippen molar-refractivity contribution < 1.29 is 0 Å². The summed E-state index contributed by atoms with van der Waals surface area (Å²) in [4.78, 5) is 1.30. The fourth-order valence-corrected chi connectivity index (χ4v) is 2.37. The van der Waals surface area contributed by atoms with Crippen LogP contribution in [0.3, 0.4) is 0 Å². The molecule has 1 atom stereocenters. The third-order valence-corrected chi connectivity index (χ3v) is 3.20. The third kappa shape index (κ3) is 4.42. The van der Waals surface area contributed by atoms with Gasteiger partial charge >= 0.3 is 0 Å². The van der Waals surface area contributed by atoms with Crippen LogP contribution < -0.4 is 10.6 Å². The van der Waals surface area contributed by atoms with E-state index in [9.17, 15) is 0 Å². The van der Waals surface area contributed by atoms with Gasteiger partial charge in [0.2, 0.25) is 0 Å². The van der Waals surface area contributed by atoms with E-state index in [0.29, 0.717) is 5.92 Å². The minimum absolute atomic E-state index is 0.662. The van der Waals surface area contributed by atoms with Crippen LogP contribution in [0.15, 0.2) is 12.1 Å². The minimum atomic E-state index is 0.662. The maximum atomic E-state index is 5.83. The van der Waals surface area contributed by atoms with Crippen LogP contribution >= 0.6 is 22.9 Å². The lowest BCUT2D eigenvalue weighted by Crippen LogP contribution is -2.27. The van der Waals surface area contributed by atoms with Crippen LogP contribution in [0.5, 0.6) is 0 Å². The first-order valence-electron chi connectivity index (χ1n) is 4.82. The smallest absolute Gasteiger partial charge is 0.0931 e. The normalized spacial score (nSPS) is 13.1. The lowest BCUT2D eigenvalue weighted by Gasteiger charge is -2.10. The molecule has 0 aliphatic rings. The van der Waals surface area contributed by atoms with Gasteiger partial charge in [0.1, 0.15) is 0 Å². The Labute approximate surface area is 94.7 Å². The van der Waals surface area contributed by atoms with E-state index in [0.717, 1.165) is 24.0 Å². The van der Waals surface area contributed by atoms with Gasteiger partial charge in [0, 0.05) is 11.4 Å². The van der Waals surface area contributed by atoms with Crippen molar-refractivity contribution >= 4 is 22.9 Å². The molecule has 0 fully saturated rings. The maximum absolute atomic E-state index is 5.83. The average molecular weight is 233 g/mol. The van der Waals surface area contributed by atoms with Crippen LogP contribution in [0.25, 0.3) is 0 Å². The maximum Gasteiger partial charge on any atom is 0.0931 e. The van der Waals surface area contributed by atoms with Crippen molar-refractivity contribution in [2.45, 2.75) is 13.5 Å². The van der Waals surface area contributed by atoms with Gasteiger partial charge in [-0.2, -0.15) is 0 Å². The zero-order valence-electron chi connectivity index (χ0n) is 8.64. The highest BCUT2D eigenvalue weighted by molar-refractivity contribution is 7.16. The molecule has 1 aromatic rings. The number of nitrogens with one attached hydrogen (secondary N) is 2. The van der Waals surface area contributed by atoms with E-state index in [1.807, 2.05) is 13.1 Å². The lowest BCUT2D eigenvalue weighted by molar-refractivity contribution is 0.493. The van der Waals surface area contributed by atoms with Crippen molar-refractivity contribution in [3.05, 3.63) is 21.3 Å². The average Bonchev–Trinajstić information content (AvgIpc) is 2.52. The van der Waals surface area contributed by atoms with E-state index >= 15 is 0 Å². The Balaban J connectivity index is 2.15. The molecule has 2 N–H and O–H groups in total. The Morgan fingerprint density at radius 3 is 2.79 bits per heavy atom. The van der Waals surface area contributed by atoms with Crippen LogP contribution in [0.4, 0.5) is 0 Å². The van der Waals surface area contributed by atoms with Gasteiger partial charge in [0.15, 0.2) is 0 Å². The Morgan fingerprint density at radius 1 is 1.43 bits per heavy atom. The minimum Gasteiger partial charge on any atom is -0.319 e. The van der Waals surface area contributed by atoms with Crippen molar-refractivity contribution in [3.8, 4) is 0 Å². The molecular formula is C10H17ClN2S. The second kappa shape index (κ2) is 6.40. The molecule has 0 spiro atoms. The first-order chi connectivity index (χ1) is 6.72. The van der Waals surface area contributed by atoms with Crippen LogP contribution in [0.2, 0.25) is 4.34 Å². The predicted octanol–water partition coefficient (Wildman–Crippen LogP) is 2.35. The Bertz CT molecular complexity index is 262. The first kappa shape index (κ1) is 12.0. The van der Waals surface area contributed by atoms with E-state index < -0.39 is 0 Å². The largest absolute Gasteiger partial charge is 0.319 e.